The third-order valence-corrected chi connectivity index (χ3v) is 4.07. The number of aromatic nitrogens is 1. The van der Waals surface area contributed by atoms with Crippen LogP contribution in [0.4, 0.5) is 0 Å². The lowest BCUT2D eigenvalue weighted by Crippen LogP contribution is -2.08. The van der Waals surface area contributed by atoms with E-state index in [0.717, 1.165) is 11.4 Å². The second kappa shape index (κ2) is 5.43. The molecule has 0 aliphatic heterocycles. The lowest BCUT2D eigenvalue weighted by Gasteiger charge is -2.02. The summed E-state index contributed by atoms with van der Waals surface area (Å²) in [6.07, 6.45) is 2.95. The highest BCUT2D eigenvalue weighted by atomic mass is 32.1. The number of hydrogen-bond donors (Lipinski definition) is 1. The van der Waals surface area contributed by atoms with Crippen molar-refractivity contribution in [3.63, 3.8) is 0 Å². The van der Waals surface area contributed by atoms with Gasteiger partial charge < -0.3 is 5.73 Å². The van der Waals surface area contributed by atoms with Gasteiger partial charge in [-0.05, 0) is 12.5 Å². The Hall–Kier alpha value is -1.19. The van der Waals surface area contributed by atoms with Gasteiger partial charge in [-0.15, -0.1) is 11.3 Å². The average molecular weight is 246 g/mol. The highest BCUT2D eigenvalue weighted by Gasteiger charge is 2.08. The number of benzene rings is 1. The molecule has 0 saturated carbocycles. The first-order valence-corrected chi connectivity index (χ1v) is 6.71. The van der Waals surface area contributed by atoms with Crippen LogP contribution in [-0.4, -0.2) is 11.5 Å². The molecule has 0 saturated heterocycles. The van der Waals surface area contributed by atoms with E-state index >= 15 is 0 Å². The van der Waals surface area contributed by atoms with Crippen molar-refractivity contribution < 1.29 is 0 Å². The Morgan fingerprint density at radius 2 is 2.00 bits per heavy atom. The van der Waals surface area contributed by atoms with E-state index in [9.17, 15) is 0 Å². The molecule has 1 heterocycles. The van der Waals surface area contributed by atoms with E-state index in [4.69, 9.17) is 5.73 Å². The maximum atomic E-state index is 5.65. The first-order chi connectivity index (χ1) is 8.19. The quantitative estimate of drug-likeness (QED) is 0.900. The summed E-state index contributed by atoms with van der Waals surface area (Å²) in [5.74, 6) is 0.367. The van der Waals surface area contributed by atoms with Crippen molar-refractivity contribution in [3.8, 4) is 0 Å². The van der Waals surface area contributed by atoms with Crippen LogP contribution in [-0.2, 0) is 6.42 Å². The van der Waals surface area contributed by atoms with Crippen molar-refractivity contribution in [2.45, 2.75) is 26.2 Å². The van der Waals surface area contributed by atoms with Crippen molar-refractivity contribution in [3.05, 3.63) is 51.5 Å². The molecule has 3 heteroatoms. The van der Waals surface area contributed by atoms with Crippen LogP contribution in [0.3, 0.4) is 0 Å². The van der Waals surface area contributed by atoms with Crippen LogP contribution in [0.5, 0.6) is 0 Å². The number of nitrogens with zero attached hydrogens (tertiary/aromatic N) is 1. The Bertz CT molecular complexity index is 473. The molecule has 17 heavy (non-hydrogen) atoms. The maximum Gasteiger partial charge on any atom is 0.0968 e. The highest BCUT2D eigenvalue weighted by Crippen LogP contribution is 2.23. The molecule has 0 radical (unpaired) electrons. The smallest absolute Gasteiger partial charge is 0.0968 e. The standard InChI is InChI=1S/C14H18N2S/c1-10-3-5-12(6-4-10)7-13-9-16-14(17-13)11(2)8-15/h3-6,9,11H,7-8,15H2,1-2H3. The van der Waals surface area contributed by atoms with Crippen molar-refractivity contribution >= 4 is 11.3 Å². The van der Waals surface area contributed by atoms with Crippen LogP contribution in [0, 0.1) is 6.92 Å². The summed E-state index contributed by atoms with van der Waals surface area (Å²) in [5.41, 5.74) is 8.29. The second-order valence-corrected chi connectivity index (χ2v) is 5.61. The fraction of sp³-hybridized carbons (Fsp3) is 0.357. The summed E-state index contributed by atoms with van der Waals surface area (Å²) in [6.45, 7) is 4.89. The van der Waals surface area contributed by atoms with Gasteiger partial charge in [0.05, 0.1) is 5.01 Å². The maximum absolute atomic E-state index is 5.65. The van der Waals surface area contributed by atoms with Gasteiger partial charge in [-0.2, -0.15) is 0 Å². The molecule has 0 bridgehead atoms. The molecule has 2 nitrogen and oxygen atoms in total. The third kappa shape index (κ3) is 3.14. The molecule has 0 aliphatic carbocycles. The van der Waals surface area contributed by atoms with Gasteiger partial charge in [0, 0.05) is 30.0 Å². The first-order valence-electron chi connectivity index (χ1n) is 5.89. The molecule has 1 unspecified atom stereocenters. The molecule has 0 amide bonds. The normalized spacial score (nSPS) is 12.6. The van der Waals surface area contributed by atoms with Gasteiger partial charge in [0.25, 0.3) is 0 Å². The van der Waals surface area contributed by atoms with E-state index < -0.39 is 0 Å². The second-order valence-electron chi connectivity index (χ2n) is 4.46. The lowest BCUT2D eigenvalue weighted by atomic mass is 10.1. The summed E-state index contributed by atoms with van der Waals surface area (Å²) in [5, 5.41) is 1.15. The van der Waals surface area contributed by atoms with E-state index in [0.29, 0.717) is 12.5 Å². The number of thiazole rings is 1. The van der Waals surface area contributed by atoms with Crippen molar-refractivity contribution in [1.29, 1.82) is 0 Å². The number of rotatable bonds is 4. The Labute approximate surface area is 107 Å². The van der Waals surface area contributed by atoms with Crippen LogP contribution in [0.15, 0.2) is 30.5 Å². The van der Waals surface area contributed by atoms with Gasteiger partial charge >= 0.3 is 0 Å². The SMILES string of the molecule is Cc1ccc(Cc2cnc(C(C)CN)s2)cc1. The van der Waals surface area contributed by atoms with Crippen LogP contribution >= 0.6 is 11.3 Å². The van der Waals surface area contributed by atoms with Gasteiger partial charge in [0.2, 0.25) is 0 Å². The molecule has 90 valence electrons. The summed E-state index contributed by atoms with van der Waals surface area (Å²) >= 11 is 1.77. The number of aryl methyl sites for hydroxylation is 1. The lowest BCUT2D eigenvalue weighted by molar-refractivity contribution is 0.766. The van der Waals surface area contributed by atoms with Gasteiger partial charge in [0.1, 0.15) is 0 Å². The van der Waals surface area contributed by atoms with E-state index in [1.165, 1.54) is 16.0 Å². The molecule has 0 aliphatic rings. The molecule has 1 atom stereocenters. The van der Waals surface area contributed by atoms with E-state index in [2.05, 4.69) is 43.1 Å². The van der Waals surface area contributed by atoms with Crippen LogP contribution in [0.1, 0.15) is 33.9 Å². The summed E-state index contributed by atoms with van der Waals surface area (Å²) in [6, 6.07) is 8.67. The van der Waals surface area contributed by atoms with Crippen LogP contribution in [0.2, 0.25) is 0 Å². The minimum atomic E-state index is 0.367. The van der Waals surface area contributed by atoms with Crippen molar-refractivity contribution in [1.82, 2.24) is 4.98 Å². The molecular formula is C14H18N2S. The molecule has 2 N–H and O–H groups in total. The number of hydrogen-bond acceptors (Lipinski definition) is 3. The first kappa shape index (κ1) is 12.3. The molecule has 0 spiro atoms. The topological polar surface area (TPSA) is 38.9 Å². The molecule has 2 aromatic rings. The predicted octanol–water partition coefficient (Wildman–Crippen LogP) is 3.10. The fourth-order valence-corrected chi connectivity index (χ4v) is 2.66. The van der Waals surface area contributed by atoms with Crippen LogP contribution in [0.25, 0.3) is 0 Å². The molecule has 1 aromatic carbocycles. The summed E-state index contributed by atoms with van der Waals surface area (Å²) in [7, 11) is 0. The van der Waals surface area contributed by atoms with E-state index in [1.807, 2.05) is 6.20 Å². The monoisotopic (exact) mass is 246 g/mol. The zero-order valence-electron chi connectivity index (χ0n) is 10.3. The fourth-order valence-electron chi connectivity index (χ4n) is 1.64. The zero-order valence-corrected chi connectivity index (χ0v) is 11.1. The minimum Gasteiger partial charge on any atom is -0.330 e. The Morgan fingerprint density at radius 3 is 2.65 bits per heavy atom. The van der Waals surface area contributed by atoms with Crippen molar-refractivity contribution in [2.75, 3.05) is 6.54 Å². The minimum absolute atomic E-state index is 0.367. The Morgan fingerprint density at radius 1 is 1.29 bits per heavy atom. The Balaban J connectivity index is 2.08. The predicted molar refractivity (Wildman–Crippen MR) is 73.6 cm³/mol. The van der Waals surface area contributed by atoms with Gasteiger partial charge in [-0.25, -0.2) is 4.98 Å². The van der Waals surface area contributed by atoms with Gasteiger partial charge in [-0.3, -0.25) is 0 Å². The average Bonchev–Trinajstić information content (AvgIpc) is 2.80. The summed E-state index contributed by atoms with van der Waals surface area (Å²) in [4.78, 5) is 5.75. The van der Waals surface area contributed by atoms with E-state index in [-0.39, 0.29) is 0 Å². The molecule has 1 aromatic heterocycles. The Kier molecular flexibility index (Phi) is 3.92. The largest absolute Gasteiger partial charge is 0.330 e. The van der Waals surface area contributed by atoms with Gasteiger partial charge in [-0.1, -0.05) is 36.8 Å². The number of nitrogens with two attached hydrogens (primary N) is 1. The van der Waals surface area contributed by atoms with Gasteiger partial charge in [0.15, 0.2) is 0 Å². The molecule has 2 rings (SSSR count). The summed E-state index contributed by atoms with van der Waals surface area (Å²) < 4.78 is 0. The third-order valence-electron chi connectivity index (χ3n) is 2.85. The van der Waals surface area contributed by atoms with E-state index in [1.54, 1.807) is 11.3 Å². The van der Waals surface area contributed by atoms with Crippen molar-refractivity contribution in [2.24, 2.45) is 5.73 Å². The molecule has 0 fully saturated rings. The molecular weight excluding hydrogens is 228 g/mol. The van der Waals surface area contributed by atoms with Crippen LogP contribution < -0.4 is 5.73 Å². The zero-order chi connectivity index (χ0) is 12.3. The highest BCUT2D eigenvalue weighted by molar-refractivity contribution is 7.11.